The number of hydrogen-bond acceptors (Lipinski definition) is 5. The molecule has 0 bridgehead atoms. The Balaban J connectivity index is 1.44. The van der Waals surface area contributed by atoms with Gasteiger partial charge in [0.2, 0.25) is 5.78 Å². The first-order chi connectivity index (χ1) is 15.0. The van der Waals surface area contributed by atoms with Crippen molar-refractivity contribution in [2.24, 2.45) is 7.05 Å². The van der Waals surface area contributed by atoms with Gasteiger partial charge < -0.3 is 4.90 Å². The van der Waals surface area contributed by atoms with E-state index in [4.69, 9.17) is 0 Å². The Morgan fingerprint density at radius 1 is 1.00 bits per heavy atom. The van der Waals surface area contributed by atoms with Gasteiger partial charge in [-0.05, 0) is 49.7 Å². The van der Waals surface area contributed by atoms with Gasteiger partial charge in [-0.25, -0.2) is 4.39 Å². The van der Waals surface area contributed by atoms with Gasteiger partial charge in [-0.15, -0.1) is 10.2 Å². The van der Waals surface area contributed by atoms with E-state index in [0.29, 0.717) is 17.7 Å². The largest absolute Gasteiger partial charge is 0.370 e. The average Bonchev–Trinajstić information content (AvgIpc) is 3.03. The molecule has 1 saturated heterocycles. The highest BCUT2D eigenvalue weighted by Gasteiger charge is 2.20. The summed E-state index contributed by atoms with van der Waals surface area (Å²) in [5.74, 6) is 1.17. The summed E-state index contributed by atoms with van der Waals surface area (Å²) in [7, 11) is 1.74. The summed E-state index contributed by atoms with van der Waals surface area (Å²) in [5, 5.41) is 9.43. The average molecular weight is 420 g/mol. The zero-order valence-corrected chi connectivity index (χ0v) is 17.8. The molecule has 160 valence electrons. The van der Waals surface area contributed by atoms with E-state index in [1.54, 1.807) is 11.6 Å². The van der Waals surface area contributed by atoms with Gasteiger partial charge in [-0.3, -0.25) is 18.7 Å². The van der Waals surface area contributed by atoms with Crippen molar-refractivity contribution in [1.82, 2.24) is 24.1 Å². The van der Waals surface area contributed by atoms with Crippen LogP contribution in [0.25, 0.3) is 16.7 Å². The maximum absolute atomic E-state index is 13.3. The first-order valence-electron chi connectivity index (χ1n) is 10.6. The molecule has 7 nitrogen and oxygen atoms in total. The molecule has 4 aromatic rings. The van der Waals surface area contributed by atoms with Crippen molar-refractivity contribution in [3.05, 3.63) is 70.0 Å². The van der Waals surface area contributed by atoms with Crippen LogP contribution in [0.2, 0.25) is 0 Å². The fourth-order valence-corrected chi connectivity index (χ4v) is 4.40. The number of anilines is 1. The molecule has 5 rings (SSSR count). The topological polar surface area (TPSA) is 58.7 Å². The van der Waals surface area contributed by atoms with Gasteiger partial charge >= 0.3 is 0 Å². The highest BCUT2D eigenvalue weighted by Crippen LogP contribution is 2.20. The van der Waals surface area contributed by atoms with E-state index in [-0.39, 0.29) is 11.4 Å². The fourth-order valence-electron chi connectivity index (χ4n) is 4.40. The molecule has 0 aliphatic carbocycles. The zero-order valence-electron chi connectivity index (χ0n) is 17.8. The summed E-state index contributed by atoms with van der Waals surface area (Å²) in [5.41, 5.74) is 2.88. The highest BCUT2D eigenvalue weighted by atomic mass is 19.1. The second-order valence-corrected chi connectivity index (χ2v) is 8.23. The SMILES string of the molecule is Cc1ccc2c(c1)c(=O)n(C)c1nnc(CN3CCCN(c4ccc(F)cc4)CC3)n21. The minimum absolute atomic E-state index is 0.0603. The van der Waals surface area contributed by atoms with Crippen LogP contribution in [0.1, 0.15) is 17.8 Å². The third-order valence-electron chi connectivity index (χ3n) is 6.09. The number of hydrogen-bond donors (Lipinski definition) is 0. The van der Waals surface area contributed by atoms with Crippen molar-refractivity contribution in [2.75, 3.05) is 31.1 Å². The molecule has 0 atom stereocenters. The second kappa shape index (κ2) is 7.77. The Hall–Kier alpha value is -3.26. The van der Waals surface area contributed by atoms with E-state index in [1.165, 1.54) is 12.1 Å². The number of rotatable bonds is 3. The van der Waals surface area contributed by atoms with Crippen LogP contribution in [0, 0.1) is 12.7 Å². The van der Waals surface area contributed by atoms with Crippen LogP contribution in [-0.4, -0.2) is 50.2 Å². The summed E-state index contributed by atoms with van der Waals surface area (Å²) >= 11 is 0. The van der Waals surface area contributed by atoms with Gasteiger partial charge in [0.25, 0.3) is 5.56 Å². The Bertz CT molecular complexity index is 1310. The van der Waals surface area contributed by atoms with Gasteiger partial charge in [0.15, 0.2) is 5.82 Å². The summed E-state index contributed by atoms with van der Waals surface area (Å²) in [4.78, 5) is 17.4. The lowest BCUT2D eigenvalue weighted by Gasteiger charge is -2.23. The van der Waals surface area contributed by atoms with E-state index < -0.39 is 0 Å². The fraction of sp³-hybridized carbons (Fsp3) is 0.348. The second-order valence-electron chi connectivity index (χ2n) is 8.23. The molecule has 0 unspecified atom stereocenters. The van der Waals surface area contributed by atoms with Crippen LogP contribution in [0.3, 0.4) is 0 Å². The molecular formula is C23H25FN6O. The first-order valence-corrected chi connectivity index (χ1v) is 10.6. The molecule has 8 heteroatoms. The van der Waals surface area contributed by atoms with Gasteiger partial charge in [0.05, 0.1) is 17.4 Å². The maximum atomic E-state index is 13.3. The van der Waals surface area contributed by atoms with Crippen LogP contribution in [-0.2, 0) is 13.6 Å². The molecule has 2 aromatic carbocycles. The number of aromatic nitrogens is 4. The molecule has 31 heavy (non-hydrogen) atoms. The van der Waals surface area contributed by atoms with Crippen molar-refractivity contribution in [3.63, 3.8) is 0 Å². The molecule has 1 aliphatic rings. The molecule has 1 fully saturated rings. The van der Waals surface area contributed by atoms with Gasteiger partial charge in [0, 0.05) is 38.9 Å². The van der Waals surface area contributed by atoms with Crippen molar-refractivity contribution in [3.8, 4) is 0 Å². The predicted molar refractivity (Wildman–Crippen MR) is 119 cm³/mol. The Labute approximate surface area is 179 Å². The first kappa shape index (κ1) is 19.7. The summed E-state index contributed by atoms with van der Waals surface area (Å²) in [6, 6.07) is 12.6. The third-order valence-corrected chi connectivity index (χ3v) is 6.09. The number of aryl methyl sites for hydroxylation is 2. The molecule has 3 heterocycles. The summed E-state index contributed by atoms with van der Waals surface area (Å²) < 4.78 is 16.8. The van der Waals surface area contributed by atoms with Gasteiger partial charge in [-0.2, -0.15) is 0 Å². The molecular weight excluding hydrogens is 395 g/mol. The smallest absolute Gasteiger partial charge is 0.262 e. The molecule has 0 N–H and O–H groups in total. The van der Waals surface area contributed by atoms with E-state index in [2.05, 4.69) is 20.0 Å². The minimum Gasteiger partial charge on any atom is -0.370 e. The molecule has 0 spiro atoms. The Morgan fingerprint density at radius 3 is 2.61 bits per heavy atom. The van der Waals surface area contributed by atoms with E-state index in [0.717, 1.165) is 55.2 Å². The third kappa shape index (κ3) is 3.57. The van der Waals surface area contributed by atoms with Crippen molar-refractivity contribution in [2.45, 2.75) is 19.9 Å². The predicted octanol–water partition coefficient (Wildman–Crippen LogP) is 2.74. The quantitative estimate of drug-likeness (QED) is 0.510. The highest BCUT2D eigenvalue weighted by molar-refractivity contribution is 5.81. The van der Waals surface area contributed by atoms with Crippen molar-refractivity contribution < 1.29 is 4.39 Å². The monoisotopic (exact) mass is 420 g/mol. The maximum Gasteiger partial charge on any atom is 0.262 e. The lowest BCUT2D eigenvalue weighted by molar-refractivity contribution is 0.277. The molecule has 0 amide bonds. The summed E-state index contributed by atoms with van der Waals surface area (Å²) in [6.07, 6.45) is 1.01. The molecule has 2 aromatic heterocycles. The Kier molecular flexibility index (Phi) is 4.94. The standard InChI is InChI=1S/C23H25FN6O/c1-16-4-9-20-19(14-16)22(31)27(2)23-26-25-21(30(20)23)15-28-10-3-11-29(13-12-28)18-7-5-17(24)6-8-18/h4-9,14H,3,10-13,15H2,1-2H3. The Morgan fingerprint density at radius 2 is 1.81 bits per heavy atom. The van der Waals surface area contributed by atoms with Crippen LogP contribution in [0.4, 0.5) is 10.1 Å². The number of nitrogens with zero attached hydrogens (tertiary/aromatic N) is 6. The van der Waals surface area contributed by atoms with E-state index >= 15 is 0 Å². The lowest BCUT2D eigenvalue weighted by Crippen LogP contribution is -2.31. The minimum atomic E-state index is -0.212. The molecule has 0 radical (unpaired) electrons. The lowest BCUT2D eigenvalue weighted by atomic mass is 10.1. The number of fused-ring (bicyclic) bond motifs is 3. The molecule has 0 saturated carbocycles. The zero-order chi connectivity index (χ0) is 21.5. The number of halogens is 1. The number of benzene rings is 2. The molecule has 1 aliphatic heterocycles. The van der Waals surface area contributed by atoms with Crippen LogP contribution in [0.15, 0.2) is 47.3 Å². The van der Waals surface area contributed by atoms with Crippen LogP contribution >= 0.6 is 0 Å². The van der Waals surface area contributed by atoms with Gasteiger partial charge in [0.1, 0.15) is 5.82 Å². The van der Waals surface area contributed by atoms with Crippen LogP contribution in [0.5, 0.6) is 0 Å². The van der Waals surface area contributed by atoms with Crippen molar-refractivity contribution >= 4 is 22.4 Å². The van der Waals surface area contributed by atoms with Crippen molar-refractivity contribution in [1.29, 1.82) is 0 Å². The van der Waals surface area contributed by atoms with Gasteiger partial charge in [-0.1, -0.05) is 11.6 Å². The summed E-state index contributed by atoms with van der Waals surface area (Å²) in [6.45, 7) is 6.24. The van der Waals surface area contributed by atoms with Crippen LogP contribution < -0.4 is 10.5 Å². The van der Waals surface area contributed by atoms with E-state index in [9.17, 15) is 9.18 Å². The van der Waals surface area contributed by atoms with E-state index in [1.807, 2.05) is 41.7 Å². The normalized spacial score (nSPS) is 15.6.